The van der Waals surface area contributed by atoms with Gasteiger partial charge >= 0.3 is 0 Å². The van der Waals surface area contributed by atoms with E-state index in [9.17, 15) is 0 Å². The van der Waals surface area contributed by atoms with Crippen LogP contribution >= 0.6 is 0 Å². The van der Waals surface area contributed by atoms with Gasteiger partial charge in [-0.2, -0.15) is 0 Å². The van der Waals surface area contributed by atoms with Gasteiger partial charge in [0.15, 0.2) is 0 Å². The highest BCUT2D eigenvalue weighted by atomic mass is 16.7. The average molecular weight is 161 g/mol. The molecule has 0 aliphatic rings. The first kappa shape index (κ1) is 10.9. The molecule has 0 aromatic heterocycles. The highest BCUT2D eigenvalue weighted by Gasteiger charge is 2.14. The second-order valence-corrected chi connectivity index (χ2v) is 2.97. The first-order valence-electron chi connectivity index (χ1n) is 4.06. The SMILES string of the molecule is CCOCOCC(C)(N)CC. The molecule has 2 N–H and O–H groups in total. The Morgan fingerprint density at radius 1 is 1.27 bits per heavy atom. The average Bonchev–Trinajstić information content (AvgIpc) is 1.99. The first-order chi connectivity index (χ1) is 5.12. The van der Waals surface area contributed by atoms with Gasteiger partial charge in [-0.1, -0.05) is 6.92 Å². The van der Waals surface area contributed by atoms with Gasteiger partial charge in [0.25, 0.3) is 0 Å². The molecule has 3 heteroatoms. The summed E-state index contributed by atoms with van der Waals surface area (Å²) in [5.74, 6) is 0. The van der Waals surface area contributed by atoms with Crippen LogP contribution in [0.1, 0.15) is 27.2 Å². The fourth-order valence-electron chi connectivity index (χ4n) is 0.519. The predicted molar refractivity (Wildman–Crippen MR) is 45.3 cm³/mol. The van der Waals surface area contributed by atoms with Crippen LogP contribution in [0, 0.1) is 0 Å². The van der Waals surface area contributed by atoms with Gasteiger partial charge in [0.1, 0.15) is 6.79 Å². The van der Waals surface area contributed by atoms with Crippen molar-refractivity contribution in [3.8, 4) is 0 Å². The molecule has 0 radical (unpaired) electrons. The van der Waals surface area contributed by atoms with Crippen molar-refractivity contribution in [2.45, 2.75) is 32.7 Å². The largest absolute Gasteiger partial charge is 0.356 e. The maximum atomic E-state index is 5.82. The van der Waals surface area contributed by atoms with Gasteiger partial charge in [-0.25, -0.2) is 0 Å². The van der Waals surface area contributed by atoms with Gasteiger partial charge in [0.2, 0.25) is 0 Å². The summed E-state index contributed by atoms with van der Waals surface area (Å²) in [6.45, 7) is 7.55. The summed E-state index contributed by atoms with van der Waals surface area (Å²) in [4.78, 5) is 0. The Labute approximate surface area is 68.9 Å². The van der Waals surface area contributed by atoms with Crippen molar-refractivity contribution in [1.29, 1.82) is 0 Å². The fourth-order valence-corrected chi connectivity index (χ4v) is 0.519. The molecule has 1 unspecified atom stereocenters. The van der Waals surface area contributed by atoms with Crippen molar-refractivity contribution in [3.05, 3.63) is 0 Å². The lowest BCUT2D eigenvalue weighted by Crippen LogP contribution is -2.40. The lowest BCUT2D eigenvalue weighted by atomic mass is 10.0. The van der Waals surface area contributed by atoms with Gasteiger partial charge in [-0.3, -0.25) is 0 Å². The maximum Gasteiger partial charge on any atom is 0.146 e. The minimum absolute atomic E-state index is 0.211. The van der Waals surface area contributed by atoms with E-state index in [2.05, 4.69) is 0 Å². The second kappa shape index (κ2) is 5.52. The van der Waals surface area contributed by atoms with Crippen LogP contribution in [-0.4, -0.2) is 25.5 Å². The minimum Gasteiger partial charge on any atom is -0.356 e. The Bertz CT molecular complexity index is 94.1. The Morgan fingerprint density at radius 3 is 2.36 bits per heavy atom. The third-order valence-electron chi connectivity index (χ3n) is 1.61. The van der Waals surface area contributed by atoms with Crippen molar-refractivity contribution in [2.75, 3.05) is 20.0 Å². The molecule has 0 amide bonds. The van der Waals surface area contributed by atoms with E-state index in [-0.39, 0.29) is 5.54 Å². The van der Waals surface area contributed by atoms with E-state index in [1.807, 2.05) is 20.8 Å². The van der Waals surface area contributed by atoms with Crippen LogP contribution in [0.3, 0.4) is 0 Å². The smallest absolute Gasteiger partial charge is 0.146 e. The van der Waals surface area contributed by atoms with Crippen molar-refractivity contribution >= 4 is 0 Å². The summed E-state index contributed by atoms with van der Waals surface area (Å²) >= 11 is 0. The van der Waals surface area contributed by atoms with Gasteiger partial charge < -0.3 is 15.2 Å². The molecule has 0 bridgehead atoms. The van der Waals surface area contributed by atoms with Crippen LogP contribution in [0.4, 0.5) is 0 Å². The van der Waals surface area contributed by atoms with E-state index in [0.29, 0.717) is 20.0 Å². The van der Waals surface area contributed by atoms with Crippen LogP contribution in [0.5, 0.6) is 0 Å². The zero-order valence-corrected chi connectivity index (χ0v) is 7.72. The van der Waals surface area contributed by atoms with E-state index in [1.54, 1.807) is 0 Å². The summed E-state index contributed by atoms with van der Waals surface area (Å²) in [5, 5.41) is 0. The zero-order chi connectivity index (χ0) is 8.74. The highest BCUT2D eigenvalue weighted by molar-refractivity contribution is 4.74. The molecular weight excluding hydrogens is 142 g/mol. The van der Waals surface area contributed by atoms with Crippen LogP contribution in [0.25, 0.3) is 0 Å². The molecule has 1 atom stereocenters. The quantitative estimate of drug-likeness (QED) is 0.469. The van der Waals surface area contributed by atoms with Gasteiger partial charge in [-0.15, -0.1) is 0 Å². The zero-order valence-electron chi connectivity index (χ0n) is 7.72. The summed E-state index contributed by atoms with van der Waals surface area (Å²) in [6.07, 6.45) is 0.916. The van der Waals surface area contributed by atoms with Crippen molar-refractivity contribution in [1.82, 2.24) is 0 Å². The van der Waals surface area contributed by atoms with Crippen LogP contribution in [0.15, 0.2) is 0 Å². The Balaban J connectivity index is 3.23. The van der Waals surface area contributed by atoms with Crippen molar-refractivity contribution in [2.24, 2.45) is 5.73 Å². The Kier molecular flexibility index (Phi) is 5.46. The number of hydrogen-bond acceptors (Lipinski definition) is 3. The molecule has 0 aromatic carbocycles. The predicted octanol–water partition coefficient (Wildman–Crippen LogP) is 1.12. The number of rotatable bonds is 6. The van der Waals surface area contributed by atoms with E-state index in [0.717, 1.165) is 6.42 Å². The Hall–Kier alpha value is -0.120. The van der Waals surface area contributed by atoms with E-state index < -0.39 is 0 Å². The molecule has 3 nitrogen and oxygen atoms in total. The second-order valence-electron chi connectivity index (χ2n) is 2.97. The van der Waals surface area contributed by atoms with Gasteiger partial charge in [0.05, 0.1) is 6.61 Å². The van der Waals surface area contributed by atoms with Crippen molar-refractivity contribution < 1.29 is 9.47 Å². The van der Waals surface area contributed by atoms with Gasteiger partial charge in [0, 0.05) is 12.1 Å². The normalized spacial score (nSPS) is 16.4. The number of hydrogen-bond donors (Lipinski definition) is 1. The summed E-state index contributed by atoms with van der Waals surface area (Å²) in [5.41, 5.74) is 5.61. The fraction of sp³-hybridized carbons (Fsp3) is 1.00. The standard InChI is InChI=1S/C8H19NO2/c1-4-8(3,9)6-11-7-10-5-2/h4-7,9H2,1-3H3. The summed E-state index contributed by atoms with van der Waals surface area (Å²) < 4.78 is 10.2. The molecule has 0 rings (SSSR count). The summed E-state index contributed by atoms with van der Waals surface area (Å²) in [7, 11) is 0. The monoisotopic (exact) mass is 161 g/mol. The molecule has 68 valence electrons. The lowest BCUT2D eigenvalue weighted by molar-refractivity contribution is -0.0629. The number of nitrogens with two attached hydrogens (primary N) is 1. The van der Waals surface area contributed by atoms with E-state index in [1.165, 1.54) is 0 Å². The topological polar surface area (TPSA) is 44.5 Å². The molecule has 0 fully saturated rings. The Morgan fingerprint density at radius 2 is 1.91 bits per heavy atom. The van der Waals surface area contributed by atoms with Crippen molar-refractivity contribution in [3.63, 3.8) is 0 Å². The molecule has 11 heavy (non-hydrogen) atoms. The summed E-state index contributed by atoms with van der Waals surface area (Å²) in [6, 6.07) is 0. The van der Waals surface area contributed by atoms with Crippen LogP contribution in [0.2, 0.25) is 0 Å². The minimum atomic E-state index is -0.211. The molecule has 0 aromatic rings. The maximum absolute atomic E-state index is 5.82. The molecule has 0 saturated carbocycles. The number of ether oxygens (including phenoxy) is 2. The molecule has 0 heterocycles. The molecular formula is C8H19NO2. The molecule has 0 saturated heterocycles. The first-order valence-corrected chi connectivity index (χ1v) is 4.06. The van der Waals surface area contributed by atoms with E-state index >= 15 is 0 Å². The van der Waals surface area contributed by atoms with E-state index in [4.69, 9.17) is 15.2 Å². The molecule has 0 aliphatic carbocycles. The van der Waals surface area contributed by atoms with Gasteiger partial charge in [-0.05, 0) is 20.3 Å². The molecule has 0 aliphatic heterocycles. The highest BCUT2D eigenvalue weighted by Crippen LogP contribution is 2.04. The van der Waals surface area contributed by atoms with Crippen LogP contribution < -0.4 is 5.73 Å². The molecule has 0 spiro atoms. The third-order valence-corrected chi connectivity index (χ3v) is 1.61. The third kappa shape index (κ3) is 6.28. The lowest BCUT2D eigenvalue weighted by Gasteiger charge is -2.21. The van der Waals surface area contributed by atoms with Crippen LogP contribution in [-0.2, 0) is 9.47 Å².